The van der Waals surface area contributed by atoms with E-state index < -0.39 is 0 Å². The molecule has 8 heteroatoms. The van der Waals surface area contributed by atoms with Gasteiger partial charge in [0.25, 0.3) is 0 Å². The molecule has 0 fully saturated rings. The summed E-state index contributed by atoms with van der Waals surface area (Å²) in [7, 11) is 1.97. The Morgan fingerprint density at radius 3 is 1.13 bits per heavy atom. The molecular formula is C63H93N5S3. The molecule has 0 spiro atoms. The molecule has 0 aliphatic heterocycles. The number of hydrogen-bond acceptors (Lipinski definition) is 7. The van der Waals surface area contributed by atoms with E-state index in [9.17, 15) is 0 Å². The number of rotatable bonds is 8. The first kappa shape index (κ1) is 66.0. The lowest BCUT2D eigenvalue weighted by molar-refractivity contribution is 0.669. The zero-order valence-electron chi connectivity index (χ0n) is 47.2. The molecular weight excluding hydrogens is 923 g/mol. The van der Waals surface area contributed by atoms with Crippen molar-refractivity contribution in [3.05, 3.63) is 211 Å². The van der Waals surface area contributed by atoms with Gasteiger partial charge in [0.2, 0.25) is 0 Å². The van der Waals surface area contributed by atoms with Crippen LogP contribution in [0.3, 0.4) is 0 Å². The largest absolute Gasteiger partial charge is 0.272 e. The van der Waals surface area contributed by atoms with Crippen molar-refractivity contribution in [3.63, 3.8) is 0 Å². The molecule has 0 N–H and O–H groups in total. The molecule has 2 aromatic carbocycles. The highest BCUT2D eigenvalue weighted by atomic mass is 32.1. The van der Waals surface area contributed by atoms with Gasteiger partial charge in [-0.1, -0.05) is 197 Å². The van der Waals surface area contributed by atoms with Gasteiger partial charge in [-0.3, -0.25) is 14.6 Å². The predicted molar refractivity (Wildman–Crippen MR) is 319 cm³/mol. The summed E-state index contributed by atoms with van der Waals surface area (Å²) in [6.07, 6.45) is 11.0. The number of aryl methyl sites for hydroxylation is 1. The molecule has 0 aliphatic carbocycles. The number of hydrogen-bond donors (Lipinski definition) is 0. The third-order valence-corrected chi connectivity index (χ3v) is 13.3. The normalized spacial score (nSPS) is 10.1. The number of benzene rings is 2. The van der Waals surface area contributed by atoms with Crippen molar-refractivity contribution in [3.8, 4) is 0 Å². The fraction of sp³-hybridized carbons (Fsp3) is 0.429. The zero-order chi connectivity index (χ0) is 53.6. The number of nitrogens with zero attached hydrogens (tertiary/aromatic N) is 5. The van der Waals surface area contributed by atoms with Crippen LogP contribution in [0.2, 0.25) is 0 Å². The molecule has 0 aliphatic rings. The van der Waals surface area contributed by atoms with E-state index in [1.54, 1.807) is 28.9 Å². The minimum Gasteiger partial charge on any atom is -0.272 e. The molecule has 0 bridgehead atoms. The van der Waals surface area contributed by atoms with E-state index in [0.717, 1.165) is 0 Å². The van der Waals surface area contributed by atoms with Crippen LogP contribution in [0.1, 0.15) is 215 Å². The van der Waals surface area contributed by atoms with Crippen LogP contribution in [0.4, 0.5) is 0 Å². The molecule has 0 saturated heterocycles. The Hall–Kier alpha value is -5.02. The first-order valence-corrected chi connectivity index (χ1v) is 28.4. The molecule has 0 saturated carbocycles. The van der Waals surface area contributed by atoms with Gasteiger partial charge in [0, 0.05) is 66.1 Å². The second kappa shape index (κ2) is 40.6. The van der Waals surface area contributed by atoms with Gasteiger partial charge in [0.05, 0.1) is 5.01 Å². The summed E-state index contributed by atoms with van der Waals surface area (Å²) in [6, 6.07) is 37.7. The smallest absolute Gasteiger partial charge is 0.0950 e. The van der Waals surface area contributed by atoms with Crippen LogP contribution in [0.5, 0.6) is 0 Å². The molecule has 71 heavy (non-hydrogen) atoms. The Labute approximate surface area is 446 Å². The van der Waals surface area contributed by atoms with Crippen LogP contribution >= 0.6 is 34.0 Å². The molecule has 0 unspecified atom stereocenters. The maximum absolute atomic E-state index is 4.13. The first-order chi connectivity index (χ1) is 33.8. The second-order valence-corrected chi connectivity index (χ2v) is 21.6. The third kappa shape index (κ3) is 31.8. The molecule has 0 amide bonds. The van der Waals surface area contributed by atoms with E-state index in [-0.39, 0.29) is 0 Å². The molecule has 8 rings (SSSR count). The Kier molecular flexibility index (Phi) is 37.7. The monoisotopic (exact) mass is 1020 g/mol. The highest BCUT2D eigenvalue weighted by Gasteiger charge is 2.02. The molecule has 388 valence electrons. The Balaban J connectivity index is 0.000000785. The van der Waals surface area contributed by atoms with Crippen molar-refractivity contribution in [2.75, 3.05) is 0 Å². The summed E-state index contributed by atoms with van der Waals surface area (Å²) in [5.41, 5.74) is 8.22. The fourth-order valence-electron chi connectivity index (χ4n) is 5.83. The minimum atomic E-state index is 0.581. The van der Waals surface area contributed by atoms with Gasteiger partial charge in [-0.15, -0.1) is 22.7 Å². The van der Waals surface area contributed by atoms with Gasteiger partial charge in [-0.2, -0.15) is 16.4 Å². The van der Waals surface area contributed by atoms with Crippen LogP contribution in [-0.2, 0) is 7.05 Å². The van der Waals surface area contributed by atoms with Crippen LogP contribution < -0.4 is 0 Å². The van der Waals surface area contributed by atoms with Crippen molar-refractivity contribution in [1.82, 2.24) is 24.7 Å². The molecule has 0 radical (unpaired) electrons. The third-order valence-electron chi connectivity index (χ3n) is 10.4. The van der Waals surface area contributed by atoms with Crippen molar-refractivity contribution in [1.29, 1.82) is 0 Å². The maximum atomic E-state index is 4.13. The molecule has 6 heterocycles. The summed E-state index contributed by atoms with van der Waals surface area (Å²) < 4.78 is 1.91. The summed E-state index contributed by atoms with van der Waals surface area (Å²) in [5.74, 6) is 5.10. The Bertz CT molecular complexity index is 2010. The minimum absolute atomic E-state index is 0.581. The lowest BCUT2D eigenvalue weighted by Gasteiger charge is -2.02. The van der Waals surface area contributed by atoms with Crippen molar-refractivity contribution >= 4 is 34.0 Å². The topological polar surface area (TPSA) is 56.5 Å². The van der Waals surface area contributed by atoms with Crippen molar-refractivity contribution in [2.24, 2.45) is 7.05 Å². The van der Waals surface area contributed by atoms with Gasteiger partial charge < -0.3 is 0 Å². The van der Waals surface area contributed by atoms with Gasteiger partial charge in [0.1, 0.15) is 0 Å². The maximum Gasteiger partial charge on any atom is 0.0950 e. The van der Waals surface area contributed by atoms with E-state index in [1.807, 2.05) is 110 Å². The van der Waals surface area contributed by atoms with Crippen LogP contribution in [-0.4, -0.2) is 24.7 Å². The molecule has 8 aromatic rings. The van der Waals surface area contributed by atoms with Crippen LogP contribution in [0.25, 0.3) is 0 Å². The average Bonchev–Trinajstić information content (AvgIpc) is 4.25. The van der Waals surface area contributed by atoms with Gasteiger partial charge in [0.15, 0.2) is 0 Å². The standard InChI is InChI=1S/2C9H12.2C8H11N.C7H12N2.2C7H10S.C6H9NS.C2H6/c2*1-8(2)9-6-4-3-5-7-9;1-7(2)8-3-5-9-6-4-8;1-7(2)8-4-3-5-9-6-8;1-6(2)7-4-5-8-9(7)3;1-6(2)7-3-4-8-5-7;1-6(2)7-4-3-5-8-7;1-5(2)6-7-3-4-8-6;1-2/h2*3-8H,1-2H3;2*3-7H,1-2H3;4-6H,1-3H3;2*3-6H,1-2H3;3-5H,1-2H3;1-2H3. The Morgan fingerprint density at radius 2 is 0.887 bits per heavy atom. The quantitative estimate of drug-likeness (QED) is 0.152. The van der Waals surface area contributed by atoms with Crippen molar-refractivity contribution in [2.45, 2.75) is 172 Å². The van der Waals surface area contributed by atoms with Gasteiger partial charge in [-0.05, 0) is 122 Å². The first-order valence-electron chi connectivity index (χ1n) is 25.7. The van der Waals surface area contributed by atoms with Crippen LogP contribution in [0.15, 0.2) is 168 Å². The van der Waals surface area contributed by atoms with Crippen LogP contribution in [0, 0.1) is 0 Å². The number of pyridine rings is 2. The van der Waals surface area contributed by atoms with E-state index in [4.69, 9.17) is 0 Å². The van der Waals surface area contributed by atoms with E-state index >= 15 is 0 Å². The molecule has 6 aromatic heterocycles. The summed E-state index contributed by atoms with van der Waals surface area (Å²) in [4.78, 5) is 13.5. The lowest BCUT2D eigenvalue weighted by atomic mass is 10.0. The van der Waals surface area contributed by atoms with Gasteiger partial charge >= 0.3 is 0 Å². The number of aromatic nitrogens is 5. The lowest BCUT2D eigenvalue weighted by Crippen LogP contribution is -1.98. The summed E-state index contributed by atoms with van der Waals surface area (Å²) >= 11 is 5.32. The SMILES string of the molecule is CC.CC(C)c1ccccc1.CC(C)c1ccccc1.CC(C)c1cccnc1.CC(C)c1cccs1.CC(C)c1ccncc1.CC(C)c1ccnn1C.CC(C)c1ccsc1.CC(C)c1nccs1. The summed E-state index contributed by atoms with van der Waals surface area (Å²) in [5, 5.41) is 13.7. The Morgan fingerprint density at radius 1 is 0.380 bits per heavy atom. The average molecular weight is 1020 g/mol. The van der Waals surface area contributed by atoms with Gasteiger partial charge in [-0.25, -0.2) is 4.98 Å². The van der Waals surface area contributed by atoms with E-state index in [2.05, 4.69) is 220 Å². The highest BCUT2D eigenvalue weighted by Crippen LogP contribution is 2.20. The van der Waals surface area contributed by atoms with E-state index in [0.29, 0.717) is 47.3 Å². The zero-order valence-corrected chi connectivity index (χ0v) is 49.7. The molecule has 5 nitrogen and oxygen atoms in total. The second-order valence-electron chi connectivity index (χ2n) is 18.9. The number of thiophene rings is 2. The number of thiazole rings is 1. The highest BCUT2D eigenvalue weighted by molar-refractivity contribution is 7.10. The summed E-state index contributed by atoms with van der Waals surface area (Å²) in [6.45, 7) is 39.0. The molecule has 0 atom stereocenters. The fourth-order valence-corrected chi connectivity index (χ4v) is 8.06. The predicted octanol–water partition coefficient (Wildman–Crippen LogP) is 20.6. The van der Waals surface area contributed by atoms with E-state index in [1.165, 1.54) is 43.4 Å². The van der Waals surface area contributed by atoms with Crippen molar-refractivity contribution < 1.29 is 0 Å².